The molecule has 3 fully saturated rings. The smallest absolute Gasteiger partial charge is 0.320 e. The Kier molecular flexibility index (Phi) is 1.75. The quantitative estimate of drug-likeness (QED) is 0.728. The first kappa shape index (κ1) is 11.7. The molecular weight excluding hydrogens is 271 g/mol. The van der Waals surface area contributed by atoms with Crippen LogP contribution in [0.1, 0.15) is 23.0 Å². The van der Waals surface area contributed by atoms with Crippen LogP contribution in [-0.2, 0) is 4.79 Å². The molecule has 0 bridgehead atoms. The zero-order valence-electron chi connectivity index (χ0n) is 11.8. The molecule has 2 saturated carbocycles. The highest BCUT2D eigenvalue weighted by molar-refractivity contribution is 6.03. The Morgan fingerprint density at radius 1 is 1.10 bits per heavy atom. The van der Waals surface area contributed by atoms with E-state index in [1.165, 1.54) is 17.5 Å². The van der Waals surface area contributed by atoms with Crippen molar-refractivity contribution in [2.24, 2.45) is 11.8 Å². The van der Waals surface area contributed by atoms with Gasteiger partial charge in [0.25, 0.3) is 5.91 Å². The van der Waals surface area contributed by atoms with Crippen LogP contribution in [0.5, 0.6) is 0 Å². The van der Waals surface area contributed by atoms with E-state index in [-0.39, 0.29) is 23.7 Å². The summed E-state index contributed by atoms with van der Waals surface area (Å²) in [6.07, 6.45) is 0. The number of benzene rings is 1. The summed E-state index contributed by atoms with van der Waals surface area (Å²) in [6, 6.07) is 6.94. The van der Waals surface area contributed by atoms with Crippen LogP contribution < -0.4 is 0 Å². The van der Waals surface area contributed by atoms with Crippen LogP contribution in [0.25, 0.3) is 0 Å². The summed E-state index contributed by atoms with van der Waals surface area (Å²) in [6.45, 7) is 0. The van der Waals surface area contributed by atoms with Crippen LogP contribution in [0.4, 0.5) is 9.18 Å². The highest BCUT2D eigenvalue weighted by atomic mass is 19.1. The van der Waals surface area contributed by atoms with Crippen molar-refractivity contribution in [3.8, 4) is 0 Å². The minimum absolute atomic E-state index is 0.0344. The third kappa shape index (κ3) is 0.981. The number of halogens is 1. The molecule has 6 atom stereocenters. The fraction of sp³-hybridized carbons (Fsp3) is 0.500. The van der Waals surface area contributed by atoms with Crippen molar-refractivity contribution in [1.82, 2.24) is 9.80 Å². The second-order valence-electron chi connectivity index (χ2n) is 6.75. The first-order valence-corrected chi connectivity index (χ1v) is 7.32. The zero-order chi connectivity index (χ0) is 14.7. The number of hydrogen-bond donors (Lipinski definition) is 0. The van der Waals surface area contributed by atoms with Crippen LogP contribution in [0.2, 0.25) is 0 Å². The minimum Gasteiger partial charge on any atom is -0.320 e. The number of amides is 3. The van der Waals surface area contributed by atoms with Gasteiger partial charge in [-0.25, -0.2) is 9.18 Å². The number of rotatable bonds is 0. The zero-order valence-corrected chi connectivity index (χ0v) is 11.8. The summed E-state index contributed by atoms with van der Waals surface area (Å²) in [5.74, 6) is -0.599. The van der Waals surface area contributed by atoms with E-state index < -0.39 is 23.6 Å². The molecular formula is C16H15FN2O2. The molecule has 5 heteroatoms. The molecule has 5 rings (SSSR count). The molecule has 4 nitrogen and oxygen atoms in total. The molecule has 3 aliphatic carbocycles. The fourth-order valence-electron chi connectivity index (χ4n) is 5.38. The Balaban J connectivity index is 1.73. The SMILES string of the molecule is CN1C(=O)N(C)C2C3c4ccccc4C4C3C4C2(F)C1=O. The summed E-state index contributed by atoms with van der Waals surface area (Å²) >= 11 is 0. The van der Waals surface area contributed by atoms with E-state index in [9.17, 15) is 9.59 Å². The van der Waals surface area contributed by atoms with Crippen LogP contribution in [-0.4, -0.2) is 47.5 Å². The van der Waals surface area contributed by atoms with Gasteiger partial charge in [-0.1, -0.05) is 24.3 Å². The second-order valence-corrected chi connectivity index (χ2v) is 6.75. The molecule has 3 amide bonds. The lowest BCUT2D eigenvalue weighted by molar-refractivity contribution is -0.150. The van der Waals surface area contributed by atoms with Crippen molar-refractivity contribution in [3.05, 3.63) is 35.4 Å². The Bertz CT molecular complexity index is 720. The summed E-state index contributed by atoms with van der Waals surface area (Å²) in [4.78, 5) is 27.1. The van der Waals surface area contributed by atoms with Crippen LogP contribution in [0.15, 0.2) is 24.3 Å². The monoisotopic (exact) mass is 286 g/mol. The fourth-order valence-corrected chi connectivity index (χ4v) is 5.38. The van der Waals surface area contributed by atoms with Gasteiger partial charge in [0, 0.05) is 25.9 Å². The number of urea groups is 1. The molecule has 1 aromatic carbocycles. The number of nitrogens with zero attached hydrogens (tertiary/aromatic N) is 2. The van der Waals surface area contributed by atoms with E-state index in [1.54, 1.807) is 7.05 Å². The van der Waals surface area contributed by atoms with Crippen LogP contribution >= 0.6 is 0 Å². The Labute approximate surface area is 121 Å². The Morgan fingerprint density at radius 3 is 2.38 bits per heavy atom. The molecule has 1 aromatic rings. The maximum atomic E-state index is 15.8. The lowest BCUT2D eigenvalue weighted by Gasteiger charge is -2.45. The van der Waals surface area contributed by atoms with E-state index in [1.807, 2.05) is 24.3 Å². The molecule has 1 aliphatic heterocycles. The van der Waals surface area contributed by atoms with Crippen LogP contribution in [0.3, 0.4) is 0 Å². The number of hydrogen-bond acceptors (Lipinski definition) is 2. The van der Waals surface area contributed by atoms with Gasteiger partial charge in [-0.3, -0.25) is 9.69 Å². The third-order valence-electron chi connectivity index (χ3n) is 6.10. The molecule has 108 valence electrons. The molecule has 21 heavy (non-hydrogen) atoms. The molecule has 0 aromatic heterocycles. The van der Waals surface area contributed by atoms with Gasteiger partial charge in [0.1, 0.15) is 0 Å². The molecule has 0 N–H and O–H groups in total. The van der Waals surface area contributed by atoms with Gasteiger partial charge in [0.05, 0.1) is 6.04 Å². The number of likely N-dealkylation sites (N-methyl/N-ethyl adjacent to an activating group) is 1. The van der Waals surface area contributed by atoms with Crippen molar-refractivity contribution in [3.63, 3.8) is 0 Å². The average Bonchev–Trinajstić information content (AvgIpc) is 3.09. The molecule has 0 radical (unpaired) electrons. The van der Waals surface area contributed by atoms with Gasteiger partial charge in [-0.2, -0.15) is 0 Å². The largest absolute Gasteiger partial charge is 0.326 e. The highest BCUT2D eigenvalue weighted by Crippen LogP contribution is 2.79. The van der Waals surface area contributed by atoms with E-state index in [0.717, 1.165) is 10.5 Å². The number of carbonyl (C=O) groups excluding carboxylic acids is 2. The third-order valence-corrected chi connectivity index (χ3v) is 6.10. The number of carbonyl (C=O) groups is 2. The first-order chi connectivity index (χ1) is 9.99. The van der Waals surface area contributed by atoms with E-state index >= 15 is 4.39 Å². The van der Waals surface area contributed by atoms with E-state index in [4.69, 9.17) is 0 Å². The van der Waals surface area contributed by atoms with Gasteiger partial charge < -0.3 is 4.90 Å². The molecule has 4 aliphatic rings. The topological polar surface area (TPSA) is 40.6 Å². The van der Waals surface area contributed by atoms with Crippen molar-refractivity contribution in [2.75, 3.05) is 14.1 Å². The Morgan fingerprint density at radius 2 is 1.71 bits per heavy atom. The summed E-state index contributed by atoms with van der Waals surface area (Å²) in [5, 5.41) is 0. The number of imide groups is 1. The van der Waals surface area contributed by atoms with Gasteiger partial charge in [0.2, 0.25) is 5.67 Å². The molecule has 1 saturated heterocycles. The molecule has 1 heterocycles. The van der Waals surface area contributed by atoms with E-state index in [2.05, 4.69) is 0 Å². The number of fused-ring (bicyclic) bond motifs is 7. The van der Waals surface area contributed by atoms with Gasteiger partial charge in [-0.15, -0.1) is 0 Å². The predicted molar refractivity (Wildman–Crippen MR) is 72.5 cm³/mol. The normalized spacial score (nSPS) is 45.6. The van der Waals surface area contributed by atoms with Gasteiger partial charge in [0.15, 0.2) is 0 Å². The summed E-state index contributed by atoms with van der Waals surface area (Å²) < 4.78 is 15.8. The maximum Gasteiger partial charge on any atom is 0.326 e. The van der Waals surface area contributed by atoms with Crippen molar-refractivity contribution in [2.45, 2.75) is 23.5 Å². The molecule has 6 unspecified atom stereocenters. The average molecular weight is 286 g/mol. The lowest BCUT2D eigenvalue weighted by Crippen LogP contribution is -2.67. The van der Waals surface area contributed by atoms with Crippen molar-refractivity contribution < 1.29 is 14.0 Å². The van der Waals surface area contributed by atoms with Gasteiger partial charge >= 0.3 is 6.03 Å². The van der Waals surface area contributed by atoms with Crippen molar-refractivity contribution in [1.29, 1.82) is 0 Å². The summed E-state index contributed by atoms with van der Waals surface area (Å²) in [7, 11) is 2.99. The second kappa shape index (κ2) is 3.13. The Hall–Kier alpha value is -1.91. The number of alkyl halides is 1. The van der Waals surface area contributed by atoms with Gasteiger partial charge in [-0.05, 0) is 23.0 Å². The highest BCUT2D eigenvalue weighted by Gasteiger charge is 2.83. The minimum atomic E-state index is -1.92. The lowest BCUT2D eigenvalue weighted by atomic mass is 9.84. The molecule has 0 spiro atoms. The predicted octanol–water partition coefficient (Wildman–Crippen LogP) is 1.73. The first-order valence-electron chi connectivity index (χ1n) is 7.32. The van der Waals surface area contributed by atoms with Crippen molar-refractivity contribution >= 4 is 11.9 Å². The summed E-state index contributed by atoms with van der Waals surface area (Å²) in [5.41, 5.74) is 0.390. The standard InChI is InChI=1S/C16H15FN2O2/c1-18-13-10-8-6-4-3-5-7(8)9-11(10)12(9)16(13,17)14(20)19(2)15(18)21/h3-6,9-13H,1-2H3. The maximum absolute atomic E-state index is 15.8. The van der Waals surface area contributed by atoms with Crippen LogP contribution in [0, 0.1) is 11.8 Å². The van der Waals surface area contributed by atoms with E-state index in [0.29, 0.717) is 0 Å².